The van der Waals surface area contributed by atoms with E-state index in [-0.39, 0.29) is 11.8 Å². The molecule has 1 aliphatic carbocycles. The number of rotatable bonds is 8. The molecule has 110 valence electrons. The third-order valence-electron chi connectivity index (χ3n) is 4.42. The van der Waals surface area contributed by atoms with Crippen LogP contribution in [0.5, 0.6) is 0 Å². The molecule has 1 saturated carbocycles. The number of unbranched alkanes of at least 4 members (excludes halogenated alkanes) is 2. The standard InChI is InChI=1S/C16H29NO2/c1-4-7-8-9-14-13(10-11-15(14)18)12-16(19)17(5-2)6-3/h13-14H,4-12H2,1-3H3. The van der Waals surface area contributed by atoms with Crippen LogP contribution in [0.4, 0.5) is 0 Å². The van der Waals surface area contributed by atoms with Gasteiger partial charge in [-0.2, -0.15) is 0 Å². The van der Waals surface area contributed by atoms with Gasteiger partial charge in [-0.25, -0.2) is 0 Å². The fourth-order valence-corrected chi connectivity index (χ4v) is 3.16. The molecule has 0 heterocycles. The fourth-order valence-electron chi connectivity index (χ4n) is 3.16. The Morgan fingerprint density at radius 3 is 2.47 bits per heavy atom. The van der Waals surface area contributed by atoms with Crippen LogP contribution in [-0.2, 0) is 9.59 Å². The molecule has 0 radical (unpaired) electrons. The molecule has 1 rings (SSSR count). The number of hydrogen-bond donors (Lipinski definition) is 0. The Kier molecular flexibility index (Phi) is 7.11. The summed E-state index contributed by atoms with van der Waals surface area (Å²) in [6.45, 7) is 7.75. The van der Waals surface area contributed by atoms with Gasteiger partial charge in [0, 0.05) is 31.8 Å². The normalized spacial score (nSPS) is 22.8. The molecular formula is C16H29NO2. The van der Waals surface area contributed by atoms with Crippen LogP contribution in [0, 0.1) is 11.8 Å². The summed E-state index contributed by atoms with van der Waals surface area (Å²) in [5.41, 5.74) is 0. The van der Waals surface area contributed by atoms with E-state index in [4.69, 9.17) is 0 Å². The third kappa shape index (κ3) is 4.63. The molecule has 0 aliphatic heterocycles. The molecule has 3 nitrogen and oxygen atoms in total. The predicted octanol–water partition coefficient (Wildman–Crippen LogP) is 3.42. The van der Waals surface area contributed by atoms with Crippen LogP contribution >= 0.6 is 0 Å². The van der Waals surface area contributed by atoms with Gasteiger partial charge in [0.15, 0.2) is 0 Å². The van der Waals surface area contributed by atoms with Gasteiger partial charge in [0.25, 0.3) is 0 Å². The number of Topliss-reactive ketones (excluding diaryl/α,β-unsaturated/α-hetero) is 1. The maximum Gasteiger partial charge on any atom is 0.222 e. The van der Waals surface area contributed by atoms with Crippen molar-refractivity contribution >= 4 is 11.7 Å². The van der Waals surface area contributed by atoms with Gasteiger partial charge in [0.05, 0.1) is 0 Å². The molecule has 0 aromatic carbocycles. The molecule has 0 aromatic rings. The Morgan fingerprint density at radius 2 is 1.89 bits per heavy atom. The second-order valence-electron chi connectivity index (χ2n) is 5.64. The maximum atomic E-state index is 12.2. The molecule has 2 atom stereocenters. The highest BCUT2D eigenvalue weighted by atomic mass is 16.2. The zero-order valence-electron chi connectivity index (χ0n) is 12.8. The number of ketones is 1. The van der Waals surface area contributed by atoms with Gasteiger partial charge in [0.1, 0.15) is 5.78 Å². The number of hydrogen-bond acceptors (Lipinski definition) is 2. The predicted molar refractivity (Wildman–Crippen MR) is 77.9 cm³/mol. The molecule has 1 amide bonds. The first-order valence-electron chi connectivity index (χ1n) is 7.94. The highest BCUT2D eigenvalue weighted by molar-refractivity contribution is 5.85. The van der Waals surface area contributed by atoms with E-state index in [0.717, 1.165) is 32.4 Å². The average molecular weight is 267 g/mol. The first kappa shape index (κ1) is 16.2. The van der Waals surface area contributed by atoms with Gasteiger partial charge in [-0.1, -0.05) is 26.2 Å². The van der Waals surface area contributed by atoms with Crippen molar-refractivity contribution in [1.82, 2.24) is 4.90 Å². The Balaban J connectivity index is 2.50. The largest absolute Gasteiger partial charge is 0.343 e. The van der Waals surface area contributed by atoms with Crippen LogP contribution in [0.3, 0.4) is 0 Å². The molecule has 0 N–H and O–H groups in total. The monoisotopic (exact) mass is 267 g/mol. The van der Waals surface area contributed by atoms with Crippen LogP contribution < -0.4 is 0 Å². The van der Waals surface area contributed by atoms with Crippen molar-refractivity contribution in [2.24, 2.45) is 11.8 Å². The van der Waals surface area contributed by atoms with E-state index >= 15 is 0 Å². The van der Waals surface area contributed by atoms with Crippen LogP contribution in [-0.4, -0.2) is 29.7 Å². The number of carbonyl (C=O) groups excluding carboxylic acids is 2. The van der Waals surface area contributed by atoms with Crippen molar-refractivity contribution in [2.75, 3.05) is 13.1 Å². The molecule has 3 heteroatoms. The minimum Gasteiger partial charge on any atom is -0.343 e. The molecule has 19 heavy (non-hydrogen) atoms. The highest BCUT2D eigenvalue weighted by Gasteiger charge is 2.35. The molecule has 0 bridgehead atoms. The van der Waals surface area contributed by atoms with Gasteiger partial charge < -0.3 is 4.90 Å². The molecule has 1 aliphatic rings. The van der Waals surface area contributed by atoms with Crippen LogP contribution in [0.2, 0.25) is 0 Å². The van der Waals surface area contributed by atoms with E-state index in [0.29, 0.717) is 24.5 Å². The SMILES string of the molecule is CCCCCC1C(=O)CCC1CC(=O)N(CC)CC. The fraction of sp³-hybridized carbons (Fsp3) is 0.875. The van der Waals surface area contributed by atoms with E-state index in [1.54, 1.807) is 0 Å². The first-order chi connectivity index (χ1) is 9.13. The highest BCUT2D eigenvalue weighted by Crippen LogP contribution is 2.35. The lowest BCUT2D eigenvalue weighted by molar-refractivity contribution is -0.132. The number of carbonyl (C=O) groups is 2. The Bertz CT molecular complexity index is 297. The zero-order valence-corrected chi connectivity index (χ0v) is 12.8. The number of nitrogens with zero attached hydrogens (tertiary/aromatic N) is 1. The van der Waals surface area contributed by atoms with Crippen molar-refractivity contribution in [2.45, 2.75) is 65.7 Å². The van der Waals surface area contributed by atoms with Gasteiger partial charge in [0.2, 0.25) is 5.91 Å². The van der Waals surface area contributed by atoms with E-state index in [9.17, 15) is 9.59 Å². The summed E-state index contributed by atoms with van der Waals surface area (Å²) >= 11 is 0. The molecule has 0 aromatic heterocycles. The van der Waals surface area contributed by atoms with E-state index in [1.165, 1.54) is 12.8 Å². The van der Waals surface area contributed by atoms with Crippen molar-refractivity contribution in [3.05, 3.63) is 0 Å². The van der Waals surface area contributed by atoms with Crippen molar-refractivity contribution in [3.8, 4) is 0 Å². The third-order valence-corrected chi connectivity index (χ3v) is 4.42. The quantitative estimate of drug-likeness (QED) is 0.632. The van der Waals surface area contributed by atoms with E-state index in [2.05, 4.69) is 6.92 Å². The van der Waals surface area contributed by atoms with Crippen molar-refractivity contribution in [1.29, 1.82) is 0 Å². The number of amides is 1. The lowest BCUT2D eigenvalue weighted by atomic mass is 9.87. The minimum atomic E-state index is 0.158. The average Bonchev–Trinajstić information content (AvgIpc) is 2.73. The topological polar surface area (TPSA) is 37.4 Å². The van der Waals surface area contributed by atoms with Crippen molar-refractivity contribution in [3.63, 3.8) is 0 Å². The Hall–Kier alpha value is -0.860. The van der Waals surface area contributed by atoms with E-state index < -0.39 is 0 Å². The molecule has 0 saturated heterocycles. The Morgan fingerprint density at radius 1 is 1.21 bits per heavy atom. The smallest absolute Gasteiger partial charge is 0.222 e. The summed E-state index contributed by atoms with van der Waals surface area (Å²) in [7, 11) is 0. The molecule has 1 fully saturated rings. The summed E-state index contributed by atoms with van der Waals surface area (Å²) in [5, 5.41) is 0. The summed E-state index contributed by atoms with van der Waals surface area (Å²) in [6.07, 6.45) is 6.68. The molecular weight excluding hydrogens is 238 g/mol. The van der Waals surface area contributed by atoms with Crippen LogP contribution in [0.15, 0.2) is 0 Å². The van der Waals surface area contributed by atoms with Crippen LogP contribution in [0.1, 0.15) is 65.7 Å². The van der Waals surface area contributed by atoms with E-state index in [1.807, 2.05) is 18.7 Å². The second kappa shape index (κ2) is 8.34. The van der Waals surface area contributed by atoms with Gasteiger partial charge in [-0.3, -0.25) is 9.59 Å². The summed E-state index contributed by atoms with van der Waals surface area (Å²) in [5.74, 6) is 1.09. The van der Waals surface area contributed by atoms with Crippen molar-refractivity contribution < 1.29 is 9.59 Å². The summed E-state index contributed by atoms with van der Waals surface area (Å²) in [6, 6.07) is 0. The minimum absolute atomic E-state index is 0.158. The lowest BCUT2D eigenvalue weighted by Gasteiger charge is -2.23. The maximum absolute atomic E-state index is 12.2. The summed E-state index contributed by atoms with van der Waals surface area (Å²) in [4.78, 5) is 26.0. The lowest BCUT2D eigenvalue weighted by Crippen LogP contribution is -2.32. The van der Waals surface area contributed by atoms with Gasteiger partial charge in [-0.05, 0) is 32.6 Å². The van der Waals surface area contributed by atoms with Crippen LogP contribution in [0.25, 0.3) is 0 Å². The Labute approximate surface area is 117 Å². The second-order valence-corrected chi connectivity index (χ2v) is 5.64. The first-order valence-corrected chi connectivity index (χ1v) is 7.94. The summed E-state index contributed by atoms with van der Waals surface area (Å²) < 4.78 is 0. The van der Waals surface area contributed by atoms with Gasteiger partial charge >= 0.3 is 0 Å². The zero-order chi connectivity index (χ0) is 14.3. The van der Waals surface area contributed by atoms with Gasteiger partial charge in [-0.15, -0.1) is 0 Å². The molecule has 0 spiro atoms. The molecule has 2 unspecified atom stereocenters.